The van der Waals surface area contributed by atoms with Crippen LogP contribution in [0.4, 0.5) is 5.69 Å². The average molecular weight is 241 g/mol. The Morgan fingerprint density at radius 1 is 0.944 bits per heavy atom. The molecule has 0 unspecified atom stereocenters. The van der Waals surface area contributed by atoms with Crippen molar-refractivity contribution in [3.05, 3.63) is 75.3 Å². The number of carbonyl (C=O) groups excluding carboxylic acids is 1. The summed E-state index contributed by atoms with van der Waals surface area (Å²) in [5.74, 6) is -0.134. The molecule has 4 nitrogen and oxygen atoms in total. The van der Waals surface area contributed by atoms with Crippen LogP contribution in [0, 0.1) is 17.0 Å². The van der Waals surface area contributed by atoms with Crippen molar-refractivity contribution in [3.8, 4) is 0 Å². The van der Waals surface area contributed by atoms with Gasteiger partial charge in [-0.3, -0.25) is 14.9 Å². The van der Waals surface area contributed by atoms with Crippen molar-refractivity contribution in [3.63, 3.8) is 0 Å². The summed E-state index contributed by atoms with van der Waals surface area (Å²) in [6.45, 7) is 1.94. The van der Waals surface area contributed by atoms with E-state index in [1.165, 1.54) is 24.3 Å². The lowest BCUT2D eigenvalue weighted by Crippen LogP contribution is -2.01. The zero-order valence-corrected chi connectivity index (χ0v) is 9.79. The Balaban J connectivity index is 2.28. The fourth-order valence-corrected chi connectivity index (χ4v) is 1.61. The van der Waals surface area contributed by atoms with Gasteiger partial charge < -0.3 is 0 Å². The van der Waals surface area contributed by atoms with Gasteiger partial charge in [0.2, 0.25) is 0 Å². The maximum Gasteiger partial charge on any atom is 0.269 e. The van der Waals surface area contributed by atoms with Crippen LogP contribution >= 0.6 is 0 Å². The molecule has 0 saturated carbocycles. The quantitative estimate of drug-likeness (QED) is 0.471. The summed E-state index contributed by atoms with van der Waals surface area (Å²) in [6, 6.07) is 12.8. The Bertz CT molecular complexity index is 585. The van der Waals surface area contributed by atoms with Crippen molar-refractivity contribution < 1.29 is 9.72 Å². The van der Waals surface area contributed by atoms with E-state index < -0.39 is 4.92 Å². The molecule has 0 spiro atoms. The SMILES string of the molecule is Cc1ccc(C(=O)c2ccc([N+](=O)[O-])cc2)cc1. The van der Waals surface area contributed by atoms with E-state index in [2.05, 4.69) is 0 Å². The number of nitro benzene ring substituents is 1. The lowest BCUT2D eigenvalue weighted by molar-refractivity contribution is -0.384. The van der Waals surface area contributed by atoms with Crippen molar-refractivity contribution in [2.75, 3.05) is 0 Å². The molecule has 18 heavy (non-hydrogen) atoms. The fourth-order valence-electron chi connectivity index (χ4n) is 1.61. The monoisotopic (exact) mass is 241 g/mol. The van der Waals surface area contributed by atoms with E-state index in [1.807, 2.05) is 19.1 Å². The van der Waals surface area contributed by atoms with Crippen LogP contribution in [0.2, 0.25) is 0 Å². The van der Waals surface area contributed by atoms with Gasteiger partial charge in [0.05, 0.1) is 4.92 Å². The summed E-state index contributed by atoms with van der Waals surface area (Å²) in [6.07, 6.45) is 0. The van der Waals surface area contributed by atoms with Crippen LogP contribution in [-0.2, 0) is 0 Å². The molecule has 90 valence electrons. The zero-order valence-electron chi connectivity index (χ0n) is 9.79. The third-order valence-electron chi connectivity index (χ3n) is 2.65. The maximum atomic E-state index is 12.1. The molecule has 2 aromatic carbocycles. The second kappa shape index (κ2) is 4.79. The van der Waals surface area contributed by atoms with E-state index in [4.69, 9.17) is 0 Å². The molecule has 0 aliphatic rings. The molecule has 0 aliphatic heterocycles. The third-order valence-corrected chi connectivity index (χ3v) is 2.65. The van der Waals surface area contributed by atoms with E-state index in [-0.39, 0.29) is 11.5 Å². The first kappa shape index (κ1) is 12.0. The number of ketones is 1. The van der Waals surface area contributed by atoms with Crippen LogP contribution in [0.25, 0.3) is 0 Å². The van der Waals surface area contributed by atoms with Gasteiger partial charge in [-0.25, -0.2) is 0 Å². The molecule has 0 heterocycles. The maximum absolute atomic E-state index is 12.1. The van der Waals surface area contributed by atoms with Crippen LogP contribution in [-0.4, -0.2) is 10.7 Å². The summed E-state index contributed by atoms with van der Waals surface area (Å²) < 4.78 is 0. The summed E-state index contributed by atoms with van der Waals surface area (Å²) in [5, 5.41) is 10.5. The Morgan fingerprint density at radius 2 is 1.39 bits per heavy atom. The van der Waals surface area contributed by atoms with Crippen molar-refractivity contribution >= 4 is 11.5 Å². The van der Waals surface area contributed by atoms with Gasteiger partial charge in [-0.1, -0.05) is 29.8 Å². The largest absolute Gasteiger partial charge is 0.289 e. The molecule has 0 aliphatic carbocycles. The van der Waals surface area contributed by atoms with E-state index in [0.29, 0.717) is 11.1 Å². The van der Waals surface area contributed by atoms with E-state index in [1.54, 1.807) is 12.1 Å². The molecule has 0 bridgehead atoms. The van der Waals surface area contributed by atoms with E-state index in [9.17, 15) is 14.9 Å². The first-order chi connectivity index (χ1) is 8.58. The van der Waals surface area contributed by atoms with Gasteiger partial charge in [-0.05, 0) is 19.1 Å². The number of carbonyl (C=O) groups is 1. The number of hydrogen-bond acceptors (Lipinski definition) is 3. The van der Waals surface area contributed by atoms with Gasteiger partial charge in [0.1, 0.15) is 0 Å². The predicted molar refractivity (Wildman–Crippen MR) is 67.7 cm³/mol. The minimum Gasteiger partial charge on any atom is -0.289 e. The number of nitrogens with zero attached hydrogens (tertiary/aromatic N) is 1. The Hall–Kier alpha value is -2.49. The standard InChI is InChI=1S/C14H11NO3/c1-10-2-4-11(5-3-10)14(16)12-6-8-13(9-7-12)15(17)18/h2-9H,1H3. The lowest BCUT2D eigenvalue weighted by atomic mass is 10.0. The minimum absolute atomic E-state index is 0.0181. The number of nitro groups is 1. The smallest absolute Gasteiger partial charge is 0.269 e. The molecule has 2 aromatic rings. The van der Waals surface area contributed by atoms with Gasteiger partial charge >= 0.3 is 0 Å². The van der Waals surface area contributed by atoms with Crippen molar-refractivity contribution in [2.45, 2.75) is 6.92 Å². The highest BCUT2D eigenvalue weighted by Crippen LogP contribution is 2.15. The Labute approximate surface area is 104 Å². The molecule has 2 rings (SSSR count). The van der Waals surface area contributed by atoms with Crippen LogP contribution < -0.4 is 0 Å². The van der Waals surface area contributed by atoms with Gasteiger partial charge in [0, 0.05) is 23.3 Å². The first-order valence-electron chi connectivity index (χ1n) is 5.44. The second-order valence-electron chi connectivity index (χ2n) is 4.00. The Morgan fingerprint density at radius 3 is 1.83 bits per heavy atom. The van der Waals surface area contributed by atoms with Crippen LogP contribution in [0.15, 0.2) is 48.5 Å². The lowest BCUT2D eigenvalue weighted by Gasteiger charge is -2.01. The van der Waals surface area contributed by atoms with Crippen LogP contribution in [0.1, 0.15) is 21.5 Å². The highest BCUT2D eigenvalue weighted by molar-refractivity contribution is 6.09. The summed E-state index contributed by atoms with van der Waals surface area (Å²) in [4.78, 5) is 22.1. The van der Waals surface area contributed by atoms with E-state index >= 15 is 0 Å². The van der Waals surface area contributed by atoms with Crippen LogP contribution in [0.3, 0.4) is 0 Å². The molecule has 0 fully saturated rings. The topological polar surface area (TPSA) is 60.2 Å². The molecule has 0 atom stereocenters. The molecule has 0 radical (unpaired) electrons. The molecule has 0 N–H and O–H groups in total. The molecule has 0 saturated heterocycles. The van der Waals surface area contributed by atoms with Crippen LogP contribution in [0.5, 0.6) is 0 Å². The highest BCUT2D eigenvalue weighted by atomic mass is 16.6. The van der Waals surface area contributed by atoms with Crippen molar-refractivity contribution in [1.82, 2.24) is 0 Å². The zero-order chi connectivity index (χ0) is 13.1. The first-order valence-corrected chi connectivity index (χ1v) is 5.44. The summed E-state index contributed by atoms with van der Waals surface area (Å²) >= 11 is 0. The van der Waals surface area contributed by atoms with Crippen molar-refractivity contribution in [1.29, 1.82) is 0 Å². The normalized spacial score (nSPS) is 10.1. The molecular formula is C14H11NO3. The summed E-state index contributed by atoms with van der Waals surface area (Å²) in [7, 11) is 0. The number of benzene rings is 2. The second-order valence-corrected chi connectivity index (χ2v) is 4.00. The van der Waals surface area contributed by atoms with Gasteiger partial charge in [0.15, 0.2) is 5.78 Å². The number of non-ortho nitro benzene ring substituents is 1. The number of hydrogen-bond donors (Lipinski definition) is 0. The predicted octanol–water partition coefficient (Wildman–Crippen LogP) is 3.13. The van der Waals surface area contributed by atoms with Crippen molar-refractivity contribution in [2.24, 2.45) is 0 Å². The number of aryl methyl sites for hydroxylation is 1. The highest BCUT2D eigenvalue weighted by Gasteiger charge is 2.11. The van der Waals surface area contributed by atoms with Gasteiger partial charge in [-0.2, -0.15) is 0 Å². The number of rotatable bonds is 3. The molecule has 4 heteroatoms. The van der Waals surface area contributed by atoms with E-state index in [0.717, 1.165) is 5.56 Å². The molecule has 0 amide bonds. The fraction of sp³-hybridized carbons (Fsp3) is 0.0714. The Kier molecular flexibility index (Phi) is 3.19. The average Bonchev–Trinajstić information content (AvgIpc) is 2.39. The molecule has 0 aromatic heterocycles. The van der Waals surface area contributed by atoms with Gasteiger partial charge in [-0.15, -0.1) is 0 Å². The minimum atomic E-state index is -0.486. The summed E-state index contributed by atoms with van der Waals surface area (Å²) in [5.41, 5.74) is 2.09. The molecular weight excluding hydrogens is 230 g/mol. The van der Waals surface area contributed by atoms with Gasteiger partial charge in [0.25, 0.3) is 5.69 Å². The third kappa shape index (κ3) is 2.43.